The molecular weight excluding hydrogens is 593 g/mol. The van der Waals surface area contributed by atoms with Gasteiger partial charge in [-0.05, 0) is 67.1 Å². The summed E-state index contributed by atoms with van der Waals surface area (Å²) >= 11 is 17.9. The number of aryl methyl sites for hydroxylation is 1. The molecule has 40 heavy (non-hydrogen) atoms. The van der Waals surface area contributed by atoms with Gasteiger partial charge in [0.05, 0.1) is 21.5 Å². The zero-order valence-corrected chi connectivity index (χ0v) is 24.2. The molecule has 1 heterocycles. The fourth-order valence-corrected chi connectivity index (χ4v) is 5.49. The van der Waals surface area contributed by atoms with E-state index < -0.39 is 15.9 Å². The first-order chi connectivity index (χ1) is 19.0. The number of anilines is 1. The van der Waals surface area contributed by atoms with Gasteiger partial charge in [0.25, 0.3) is 5.91 Å². The molecule has 0 radical (unpaired) electrons. The fraction of sp³-hybridized carbons (Fsp3) is 0.103. The maximum absolute atomic E-state index is 13.6. The van der Waals surface area contributed by atoms with E-state index in [1.165, 1.54) is 46.8 Å². The summed E-state index contributed by atoms with van der Waals surface area (Å²) in [6.45, 7) is 1.95. The van der Waals surface area contributed by atoms with Crippen molar-refractivity contribution in [2.24, 2.45) is 0 Å². The highest BCUT2D eigenvalue weighted by Gasteiger charge is 2.26. The highest BCUT2D eigenvalue weighted by molar-refractivity contribution is 7.89. The van der Waals surface area contributed by atoms with Crippen molar-refractivity contribution < 1.29 is 17.6 Å². The number of hydrogen-bond donors (Lipinski definition) is 1. The van der Waals surface area contributed by atoms with Gasteiger partial charge in [-0.1, -0.05) is 64.6 Å². The molecule has 0 saturated heterocycles. The van der Waals surface area contributed by atoms with Crippen molar-refractivity contribution in [2.75, 3.05) is 5.32 Å². The van der Waals surface area contributed by atoms with Gasteiger partial charge in [0.15, 0.2) is 0 Å². The largest absolute Gasteiger partial charge is 0.460 e. The summed E-state index contributed by atoms with van der Waals surface area (Å²) in [5.74, 6) is -0.154. The SMILES string of the molecule is Cc1ccc(CN(Cc2ccc(/C=C(/C#N)C(=O)Nc3ccc(Cl)c(Cl)c3)o2)S(=O)(=O)c2ccc(Cl)cc2)cc1. The number of benzene rings is 3. The molecule has 0 aliphatic heterocycles. The standard InChI is InChI=1S/C29H22Cl3N3O4S/c1-19-2-4-20(5-3-19)17-35(40(37,38)26-11-6-22(30)7-12-26)18-25-10-9-24(39-25)14-21(16-33)29(36)34-23-8-13-27(31)28(32)15-23/h2-15H,17-18H2,1H3,(H,34,36)/b21-14-. The van der Waals surface area contributed by atoms with Crippen LogP contribution in [0.15, 0.2) is 93.7 Å². The molecule has 0 atom stereocenters. The zero-order valence-electron chi connectivity index (χ0n) is 21.1. The van der Waals surface area contributed by atoms with Gasteiger partial charge in [-0.25, -0.2) is 8.42 Å². The smallest absolute Gasteiger partial charge is 0.266 e. The molecule has 1 aromatic heterocycles. The Hall–Kier alpha value is -3.58. The van der Waals surface area contributed by atoms with Crippen LogP contribution in [0.4, 0.5) is 5.69 Å². The summed E-state index contributed by atoms with van der Waals surface area (Å²) in [6.07, 6.45) is 1.27. The van der Waals surface area contributed by atoms with E-state index in [1.807, 2.05) is 37.3 Å². The second kappa shape index (κ2) is 12.7. The molecule has 0 bridgehead atoms. The van der Waals surface area contributed by atoms with Gasteiger partial charge in [0, 0.05) is 23.3 Å². The molecule has 0 fully saturated rings. The van der Waals surface area contributed by atoms with Crippen LogP contribution < -0.4 is 5.32 Å². The number of rotatable bonds is 9. The third kappa shape index (κ3) is 7.33. The van der Waals surface area contributed by atoms with Crippen molar-refractivity contribution in [1.29, 1.82) is 5.26 Å². The van der Waals surface area contributed by atoms with E-state index in [0.717, 1.165) is 11.1 Å². The van der Waals surface area contributed by atoms with E-state index in [-0.39, 0.29) is 34.3 Å². The van der Waals surface area contributed by atoms with Crippen LogP contribution in [0, 0.1) is 18.3 Å². The first-order valence-corrected chi connectivity index (χ1v) is 14.4. The van der Waals surface area contributed by atoms with E-state index in [9.17, 15) is 18.5 Å². The van der Waals surface area contributed by atoms with Gasteiger partial charge < -0.3 is 9.73 Å². The molecule has 0 aliphatic rings. The van der Waals surface area contributed by atoms with Crippen molar-refractivity contribution in [3.05, 3.63) is 122 Å². The molecule has 0 spiro atoms. The van der Waals surface area contributed by atoms with E-state index in [1.54, 1.807) is 18.2 Å². The minimum absolute atomic E-state index is 0.0847. The number of amides is 1. The van der Waals surface area contributed by atoms with Crippen molar-refractivity contribution in [3.8, 4) is 6.07 Å². The molecule has 204 valence electrons. The Balaban J connectivity index is 1.57. The van der Waals surface area contributed by atoms with E-state index in [4.69, 9.17) is 39.2 Å². The van der Waals surface area contributed by atoms with E-state index in [2.05, 4.69) is 5.32 Å². The molecule has 4 aromatic rings. The van der Waals surface area contributed by atoms with Crippen molar-refractivity contribution in [3.63, 3.8) is 0 Å². The Morgan fingerprint density at radius 1 is 0.950 bits per heavy atom. The molecular formula is C29H22Cl3N3O4S. The lowest BCUT2D eigenvalue weighted by Gasteiger charge is -2.21. The van der Waals surface area contributed by atoms with E-state index >= 15 is 0 Å². The van der Waals surface area contributed by atoms with E-state index in [0.29, 0.717) is 21.5 Å². The van der Waals surface area contributed by atoms with Crippen LogP contribution in [-0.4, -0.2) is 18.6 Å². The second-order valence-electron chi connectivity index (χ2n) is 8.77. The van der Waals surface area contributed by atoms with Crippen LogP contribution in [0.3, 0.4) is 0 Å². The number of halogens is 3. The molecule has 11 heteroatoms. The van der Waals surface area contributed by atoms with Crippen molar-refractivity contribution in [1.82, 2.24) is 4.31 Å². The lowest BCUT2D eigenvalue weighted by Crippen LogP contribution is -2.30. The van der Waals surface area contributed by atoms with Crippen LogP contribution in [0.2, 0.25) is 15.1 Å². The molecule has 3 aromatic carbocycles. The van der Waals surface area contributed by atoms with Gasteiger partial charge in [-0.3, -0.25) is 4.79 Å². The fourth-order valence-electron chi connectivity index (χ4n) is 3.67. The number of hydrogen-bond acceptors (Lipinski definition) is 5. The summed E-state index contributed by atoms with van der Waals surface area (Å²) < 4.78 is 34.2. The number of sulfonamides is 1. The first kappa shape index (κ1) is 29.4. The van der Waals surface area contributed by atoms with Gasteiger partial charge >= 0.3 is 0 Å². The van der Waals surface area contributed by atoms with Crippen molar-refractivity contribution >= 4 is 62.5 Å². The molecule has 0 unspecified atom stereocenters. The Morgan fingerprint density at radius 3 is 2.30 bits per heavy atom. The number of nitriles is 1. The van der Waals surface area contributed by atoms with Crippen LogP contribution in [0.5, 0.6) is 0 Å². The zero-order chi connectivity index (χ0) is 28.9. The maximum Gasteiger partial charge on any atom is 0.266 e. The lowest BCUT2D eigenvalue weighted by atomic mass is 10.1. The number of nitrogens with zero attached hydrogens (tertiary/aromatic N) is 2. The lowest BCUT2D eigenvalue weighted by molar-refractivity contribution is -0.112. The quantitative estimate of drug-likeness (QED) is 0.155. The van der Waals surface area contributed by atoms with Gasteiger partial charge in [-0.2, -0.15) is 9.57 Å². The molecule has 7 nitrogen and oxygen atoms in total. The minimum atomic E-state index is -3.93. The van der Waals surface area contributed by atoms with Crippen LogP contribution in [0.1, 0.15) is 22.6 Å². The summed E-state index contributed by atoms with van der Waals surface area (Å²) in [5.41, 5.74) is 1.98. The summed E-state index contributed by atoms with van der Waals surface area (Å²) in [6, 6.07) is 23.0. The molecule has 4 rings (SSSR count). The predicted octanol–water partition coefficient (Wildman–Crippen LogP) is 7.49. The van der Waals surface area contributed by atoms with Gasteiger partial charge in [0.1, 0.15) is 23.2 Å². The minimum Gasteiger partial charge on any atom is -0.460 e. The maximum atomic E-state index is 13.6. The third-order valence-corrected chi connectivity index (χ3v) is 8.57. The first-order valence-electron chi connectivity index (χ1n) is 11.8. The number of carbonyl (C=O) groups excluding carboxylic acids is 1. The second-order valence-corrected chi connectivity index (χ2v) is 12.0. The monoisotopic (exact) mass is 613 g/mol. The Morgan fingerprint density at radius 2 is 1.65 bits per heavy atom. The summed E-state index contributed by atoms with van der Waals surface area (Å²) in [4.78, 5) is 12.7. The molecule has 0 saturated carbocycles. The third-order valence-electron chi connectivity index (χ3n) is 5.77. The normalized spacial score (nSPS) is 11.8. The predicted molar refractivity (Wildman–Crippen MR) is 156 cm³/mol. The Kier molecular flexibility index (Phi) is 9.36. The van der Waals surface area contributed by atoms with Crippen molar-refractivity contribution in [2.45, 2.75) is 24.9 Å². The topological polar surface area (TPSA) is 103 Å². The average molecular weight is 615 g/mol. The number of furan rings is 1. The summed E-state index contributed by atoms with van der Waals surface area (Å²) in [5, 5.41) is 13.1. The van der Waals surface area contributed by atoms with Gasteiger partial charge in [0.2, 0.25) is 10.0 Å². The summed E-state index contributed by atoms with van der Waals surface area (Å²) in [7, 11) is -3.93. The molecule has 1 N–H and O–H groups in total. The van der Waals surface area contributed by atoms with Gasteiger partial charge in [-0.15, -0.1) is 0 Å². The van der Waals surface area contributed by atoms with Crippen LogP contribution in [0.25, 0.3) is 6.08 Å². The number of nitrogens with one attached hydrogen (secondary N) is 1. The van der Waals surface area contributed by atoms with Crippen LogP contribution >= 0.6 is 34.8 Å². The highest BCUT2D eigenvalue weighted by Crippen LogP contribution is 2.26. The average Bonchev–Trinajstić information content (AvgIpc) is 3.37. The van der Waals surface area contributed by atoms with Crippen LogP contribution in [-0.2, 0) is 27.9 Å². The molecule has 1 amide bonds. The Labute approximate surface area is 247 Å². The highest BCUT2D eigenvalue weighted by atomic mass is 35.5. The molecule has 0 aliphatic carbocycles. The Bertz CT molecular complexity index is 1710. The number of carbonyl (C=O) groups is 1.